The number of hydrogen-bond acceptors (Lipinski definition) is 0. The van der Waals surface area contributed by atoms with Crippen molar-refractivity contribution in [2.45, 2.75) is 52.9 Å². The van der Waals surface area contributed by atoms with E-state index in [9.17, 15) is 0 Å². The van der Waals surface area contributed by atoms with Crippen molar-refractivity contribution in [2.75, 3.05) is 0 Å². The summed E-state index contributed by atoms with van der Waals surface area (Å²) in [5.74, 6) is 0.648. The van der Waals surface area contributed by atoms with E-state index in [0.29, 0.717) is 5.92 Å². The fourth-order valence-corrected chi connectivity index (χ4v) is 1.92. The topological polar surface area (TPSA) is 0 Å². The molecule has 0 aromatic heterocycles. The molecule has 78 valence electrons. The number of hydrogen-bond donors (Lipinski definition) is 0. The molecule has 0 atom stereocenters. The van der Waals surface area contributed by atoms with E-state index < -0.39 is 0 Å². The second-order valence-electron chi connectivity index (χ2n) is 4.45. The Kier molecular flexibility index (Phi) is 4.19. The van der Waals surface area contributed by atoms with Gasteiger partial charge in [0.1, 0.15) is 0 Å². The molecule has 0 saturated heterocycles. The quantitative estimate of drug-likeness (QED) is 0.657. The van der Waals surface area contributed by atoms with Crippen LogP contribution in [0.2, 0.25) is 0 Å². The van der Waals surface area contributed by atoms with Crippen LogP contribution < -0.4 is 0 Å². The van der Waals surface area contributed by atoms with Crippen molar-refractivity contribution in [3.63, 3.8) is 0 Å². The Labute approximate surface area is 88.4 Å². The van der Waals surface area contributed by atoms with E-state index in [1.165, 1.54) is 36.0 Å². The standard InChI is InChI=1S/C14H22/c1-5-6-7-13-8-9-14(11(2)3)12(4)10-13/h8-11H,5-7H2,1-4H3. The van der Waals surface area contributed by atoms with Crippen molar-refractivity contribution in [1.82, 2.24) is 0 Å². The summed E-state index contributed by atoms with van der Waals surface area (Å²) in [5, 5.41) is 0. The van der Waals surface area contributed by atoms with Gasteiger partial charge in [-0.05, 0) is 42.4 Å². The van der Waals surface area contributed by atoms with Crippen LogP contribution in [0.4, 0.5) is 0 Å². The molecule has 0 heteroatoms. The highest BCUT2D eigenvalue weighted by molar-refractivity contribution is 5.33. The Bertz CT molecular complexity index is 284. The SMILES string of the molecule is CCCCc1ccc(C(C)C)c(C)c1. The van der Waals surface area contributed by atoms with E-state index in [4.69, 9.17) is 0 Å². The van der Waals surface area contributed by atoms with Crippen molar-refractivity contribution in [1.29, 1.82) is 0 Å². The molecular weight excluding hydrogens is 168 g/mol. The Hall–Kier alpha value is -0.780. The van der Waals surface area contributed by atoms with Gasteiger partial charge in [-0.3, -0.25) is 0 Å². The maximum Gasteiger partial charge on any atom is -0.0216 e. The molecule has 14 heavy (non-hydrogen) atoms. The highest BCUT2D eigenvalue weighted by Crippen LogP contribution is 2.20. The van der Waals surface area contributed by atoms with E-state index >= 15 is 0 Å². The maximum absolute atomic E-state index is 2.35. The van der Waals surface area contributed by atoms with Gasteiger partial charge in [-0.15, -0.1) is 0 Å². The summed E-state index contributed by atoms with van der Waals surface area (Å²) in [5.41, 5.74) is 4.44. The van der Waals surface area contributed by atoms with E-state index in [1.54, 1.807) is 0 Å². The first-order chi connectivity index (χ1) is 6.65. The Morgan fingerprint density at radius 3 is 2.43 bits per heavy atom. The maximum atomic E-state index is 2.35. The lowest BCUT2D eigenvalue weighted by Gasteiger charge is -2.11. The zero-order valence-electron chi connectivity index (χ0n) is 9.93. The third-order valence-electron chi connectivity index (χ3n) is 2.78. The van der Waals surface area contributed by atoms with Crippen LogP contribution in [0.25, 0.3) is 0 Å². The second kappa shape index (κ2) is 5.19. The summed E-state index contributed by atoms with van der Waals surface area (Å²) in [4.78, 5) is 0. The molecule has 0 aliphatic carbocycles. The van der Waals surface area contributed by atoms with E-state index in [1.807, 2.05) is 0 Å². The fourth-order valence-electron chi connectivity index (χ4n) is 1.92. The van der Waals surface area contributed by atoms with Crippen LogP contribution in [0.3, 0.4) is 0 Å². The molecule has 0 N–H and O–H groups in total. The third-order valence-corrected chi connectivity index (χ3v) is 2.78. The normalized spacial score (nSPS) is 10.9. The Morgan fingerprint density at radius 2 is 1.93 bits per heavy atom. The Morgan fingerprint density at radius 1 is 1.21 bits per heavy atom. The molecule has 0 fully saturated rings. The number of aryl methyl sites for hydroxylation is 2. The van der Waals surface area contributed by atoms with E-state index in [0.717, 1.165) is 0 Å². The van der Waals surface area contributed by atoms with Crippen LogP contribution >= 0.6 is 0 Å². The largest absolute Gasteiger partial charge is 0.0654 e. The van der Waals surface area contributed by atoms with Crippen molar-refractivity contribution in [2.24, 2.45) is 0 Å². The van der Waals surface area contributed by atoms with Crippen LogP contribution in [0.1, 0.15) is 56.2 Å². The monoisotopic (exact) mass is 190 g/mol. The highest BCUT2D eigenvalue weighted by atomic mass is 14.1. The number of rotatable bonds is 4. The third kappa shape index (κ3) is 2.87. The summed E-state index contributed by atoms with van der Waals surface area (Å²) in [6.45, 7) is 8.99. The molecule has 0 nitrogen and oxygen atoms in total. The summed E-state index contributed by atoms with van der Waals surface area (Å²) in [6.07, 6.45) is 3.82. The van der Waals surface area contributed by atoms with Crippen molar-refractivity contribution in [3.8, 4) is 0 Å². The van der Waals surface area contributed by atoms with Gasteiger partial charge in [-0.25, -0.2) is 0 Å². The van der Waals surface area contributed by atoms with E-state index in [-0.39, 0.29) is 0 Å². The molecule has 0 heterocycles. The molecule has 1 aromatic rings. The molecular formula is C14H22. The van der Waals surface area contributed by atoms with Crippen LogP contribution in [0, 0.1) is 6.92 Å². The van der Waals surface area contributed by atoms with Crippen LogP contribution in [0.5, 0.6) is 0 Å². The molecule has 0 amide bonds. The summed E-state index contributed by atoms with van der Waals surface area (Å²) >= 11 is 0. The molecule has 0 aliphatic rings. The van der Waals surface area contributed by atoms with Crippen LogP contribution in [-0.4, -0.2) is 0 Å². The molecule has 0 saturated carbocycles. The zero-order chi connectivity index (χ0) is 10.6. The van der Waals surface area contributed by atoms with E-state index in [2.05, 4.69) is 45.9 Å². The van der Waals surface area contributed by atoms with Gasteiger partial charge in [-0.1, -0.05) is 45.4 Å². The number of unbranched alkanes of at least 4 members (excludes halogenated alkanes) is 1. The second-order valence-corrected chi connectivity index (χ2v) is 4.45. The van der Waals surface area contributed by atoms with Gasteiger partial charge in [-0.2, -0.15) is 0 Å². The molecule has 0 unspecified atom stereocenters. The first-order valence-electron chi connectivity index (χ1n) is 5.74. The van der Waals surface area contributed by atoms with Crippen molar-refractivity contribution < 1.29 is 0 Å². The lowest BCUT2D eigenvalue weighted by Crippen LogP contribution is -1.94. The smallest absolute Gasteiger partial charge is 0.0216 e. The minimum Gasteiger partial charge on any atom is -0.0654 e. The van der Waals surface area contributed by atoms with Gasteiger partial charge >= 0.3 is 0 Å². The minimum absolute atomic E-state index is 0.648. The van der Waals surface area contributed by atoms with Gasteiger partial charge in [0.05, 0.1) is 0 Å². The molecule has 0 bridgehead atoms. The molecule has 0 radical (unpaired) electrons. The Balaban J connectivity index is 2.78. The van der Waals surface area contributed by atoms with Crippen molar-refractivity contribution >= 4 is 0 Å². The fraction of sp³-hybridized carbons (Fsp3) is 0.571. The lowest BCUT2D eigenvalue weighted by atomic mass is 9.95. The van der Waals surface area contributed by atoms with Crippen LogP contribution in [-0.2, 0) is 6.42 Å². The average Bonchev–Trinajstić information content (AvgIpc) is 2.14. The zero-order valence-corrected chi connectivity index (χ0v) is 9.93. The van der Waals surface area contributed by atoms with Gasteiger partial charge in [0, 0.05) is 0 Å². The van der Waals surface area contributed by atoms with Crippen molar-refractivity contribution in [3.05, 3.63) is 34.9 Å². The number of benzene rings is 1. The van der Waals surface area contributed by atoms with Gasteiger partial charge in [0.15, 0.2) is 0 Å². The highest BCUT2D eigenvalue weighted by Gasteiger charge is 2.03. The van der Waals surface area contributed by atoms with Gasteiger partial charge < -0.3 is 0 Å². The molecule has 0 aliphatic heterocycles. The predicted molar refractivity (Wildman–Crippen MR) is 63.9 cm³/mol. The summed E-state index contributed by atoms with van der Waals surface area (Å²) in [7, 11) is 0. The molecule has 1 rings (SSSR count). The van der Waals surface area contributed by atoms with Crippen LogP contribution in [0.15, 0.2) is 18.2 Å². The first-order valence-corrected chi connectivity index (χ1v) is 5.74. The minimum atomic E-state index is 0.648. The van der Waals surface area contributed by atoms with Gasteiger partial charge in [0.2, 0.25) is 0 Å². The molecule has 0 spiro atoms. The molecule has 1 aromatic carbocycles. The summed E-state index contributed by atoms with van der Waals surface area (Å²) in [6, 6.07) is 6.94. The average molecular weight is 190 g/mol. The first kappa shape index (κ1) is 11.3. The summed E-state index contributed by atoms with van der Waals surface area (Å²) < 4.78 is 0. The van der Waals surface area contributed by atoms with Gasteiger partial charge in [0.25, 0.3) is 0 Å². The lowest BCUT2D eigenvalue weighted by molar-refractivity contribution is 0.791. The predicted octanol–water partition coefficient (Wildman–Crippen LogP) is 4.46.